The average molecular weight is 215 g/mol. The summed E-state index contributed by atoms with van der Waals surface area (Å²) in [5.41, 5.74) is 7.35. The molecule has 0 saturated carbocycles. The Labute approximate surface area is 96.0 Å². The minimum atomic E-state index is 0.707. The zero-order valence-electron chi connectivity index (χ0n) is 9.39. The molecule has 3 heteroatoms. The van der Waals surface area contributed by atoms with Crippen LogP contribution in [0.15, 0.2) is 18.7 Å². The zero-order valence-corrected chi connectivity index (χ0v) is 9.39. The van der Waals surface area contributed by atoms with Crippen molar-refractivity contribution in [2.75, 3.05) is 10.6 Å². The first-order valence-electron chi connectivity index (χ1n) is 5.97. The Morgan fingerprint density at radius 2 is 1.88 bits per heavy atom. The highest BCUT2D eigenvalue weighted by Gasteiger charge is 2.39. The largest absolute Gasteiger partial charge is 0.397 e. The highest BCUT2D eigenvalue weighted by molar-refractivity contribution is 5.63. The minimum Gasteiger partial charge on any atom is -0.397 e. The molecule has 2 aliphatic rings. The number of aromatic nitrogens is 1. The van der Waals surface area contributed by atoms with E-state index in [4.69, 9.17) is 5.73 Å². The van der Waals surface area contributed by atoms with Crippen molar-refractivity contribution in [3.05, 3.63) is 24.4 Å². The summed E-state index contributed by atoms with van der Waals surface area (Å²) in [4.78, 5) is 7.08. The van der Waals surface area contributed by atoms with E-state index < -0.39 is 0 Å². The van der Waals surface area contributed by atoms with Gasteiger partial charge >= 0.3 is 0 Å². The fourth-order valence-corrected chi connectivity index (χ4v) is 3.07. The lowest BCUT2D eigenvalue weighted by molar-refractivity contribution is 0.576. The molecule has 0 unspecified atom stereocenters. The third kappa shape index (κ3) is 1.31. The molecule has 3 nitrogen and oxygen atoms in total. The van der Waals surface area contributed by atoms with Crippen LogP contribution in [0.25, 0.3) is 6.08 Å². The van der Waals surface area contributed by atoms with Crippen molar-refractivity contribution in [1.82, 2.24) is 4.98 Å². The maximum atomic E-state index is 5.83. The van der Waals surface area contributed by atoms with E-state index in [2.05, 4.69) is 16.5 Å². The van der Waals surface area contributed by atoms with E-state index >= 15 is 0 Å². The van der Waals surface area contributed by atoms with Gasteiger partial charge in [0.05, 0.1) is 11.4 Å². The normalized spacial score (nSPS) is 27.4. The maximum absolute atomic E-state index is 5.83. The highest BCUT2D eigenvalue weighted by atomic mass is 15.3. The van der Waals surface area contributed by atoms with Crippen LogP contribution in [0, 0.1) is 0 Å². The fourth-order valence-electron chi connectivity index (χ4n) is 3.07. The summed E-state index contributed by atoms with van der Waals surface area (Å²) in [7, 11) is 0. The second-order valence-corrected chi connectivity index (χ2v) is 4.72. The van der Waals surface area contributed by atoms with E-state index in [0.717, 1.165) is 11.5 Å². The molecule has 2 saturated heterocycles. The molecular weight excluding hydrogens is 198 g/mol. The number of nitrogens with two attached hydrogens (primary N) is 1. The average Bonchev–Trinajstić information content (AvgIpc) is 2.89. The Hall–Kier alpha value is -1.51. The van der Waals surface area contributed by atoms with Gasteiger partial charge in [0.15, 0.2) is 0 Å². The summed E-state index contributed by atoms with van der Waals surface area (Å²) >= 11 is 0. The summed E-state index contributed by atoms with van der Waals surface area (Å²) in [6.45, 7) is 3.75. The van der Waals surface area contributed by atoms with E-state index in [1.807, 2.05) is 12.1 Å². The van der Waals surface area contributed by atoms with E-state index in [1.165, 1.54) is 25.7 Å². The van der Waals surface area contributed by atoms with Gasteiger partial charge < -0.3 is 10.6 Å². The number of rotatable bonds is 2. The molecular formula is C13H17N3. The van der Waals surface area contributed by atoms with Crippen LogP contribution in [0.1, 0.15) is 31.4 Å². The molecule has 3 rings (SSSR count). The molecule has 2 bridgehead atoms. The number of pyridine rings is 1. The molecule has 1 aromatic heterocycles. The van der Waals surface area contributed by atoms with E-state index in [0.29, 0.717) is 17.8 Å². The van der Waals surface area contributed by atoms with Gasteiger partial charge in [0, 0.05) is 12.1 Å². The lowest BCUT2D eigenvalue weighted by Gasteiger charge is -2.23. The SMILES string of the molecule is C=Cc1nc(N2C3CCC2CC3)ccc1N. The predicted molar refractivity (Wildman–Crippen MR) is 67.3 cm³/mol. The Morgan fingerprint density at radius 3 is 2.44 bits per heavy atom. The molecule has 2 N–H and O–H groups in total. The van der Waals surface area contributed by atoms with Crippen molar-refractivity contribution in [2.24, 2.45) is 0 Å². The molecule has 0 radical (unpaired) electrons. The Bertz CT molecular complexity index is 407. The molecule has 2 aliphatic heterocycles. The molecule has 16 heavy (non-hydrogen) atoms. The Morgan fingerprint density at radius 1 is 1.25 bits per heavy atom. The second kappa shape index (κ2) is 3.51. The number of anilines is 2. The van der Waals surface area contributed by atoms with Crippen LogP contribution in [0.2, 0.25) is 0 Å². The summed E-state index contributed by atoms with van der Waals surface area (Å²) < 4.78 is 0. The number of nitrogen functional groups attached to an aromatic ring is 1. The van der Waals surface area contributed by atoms with Crippen LogP contribution in [-0.4, -0.2) is 17.1 Å². The van der Waals surface area contributed by atoms with Gasteiger partial charge in [-0.1, -0.05) is 6.58 Å². The first-order chi connectivity index (χ1) is 7.79. The summed E-state index contributed by atoms with van der Waals surface area (Å²) in [5.74, 6) is 1.08. The first-order valence-corrected chi connectivity index (χ1v) is 5.97. The molecule has 2 fully saturated rings. The molecule has 0 aromatic carbocycles. The number of hydrogen-bond acceptors (Lipinski definition) is 3. The molecule has 0 amide bonds. The highest BCUT2D eigenvalue weighted by Crippen LogP contribution is 2.40. The van der Waals surface area contributed by atoms with Gasteiger partial charge in [0.25, 0.3) is 0 Å². The van der Waals surface area contributed by atoms with Crippen molar-refractivity contribution in [2.45, 2.75) is 37.8 Å². The Balaban J connectivity index is 1.98. The van der Waals surface area contributed by atoms with E-state index in [9.17, 15) is 0 Å². The monoisotopic (exact) mass is 215 g/mol. The van der Waals surface area contributed by atoms with Gasteiger partial charge in [0.1, 0.15) is 5.82 Å². The van der Waals surface area contributed by atoms with Crippen LogP contribution < -0.4 is 10.6 Å². The van der Waals surface area contributed by atoms with Crippen LogP contribution in [0.5, 0.6) is 0 Å². The van der Waals surface area contributed by atoms with Crippen molar-refractivity contribution in [3.63, 3.8) is 0 Å². The second-order valence-electron chi connectivity index (χ2n) is 4.72. The van der Waals surface area contributed by atoms with Crippen LogP contribution in [0.4, 0.5) is 11.5 Å². The van der Waals surface area contributed by atoms with Crippen molar-refractivity contribution < 1.29 is 0 Å². The fraction of sp³-hybridized carbons (Fsp3) is 0.462. The lowest BCUT2D eigenvalue weighted by Crippen LogP contribution is -2.29. The third-order valence-corrected chi connectivity index (χ3v) is 3.85. The quantitative estimate of drug-likeness (QED) is 0.824. The van der Waals surface area contributed by atoms with Crippen molar-refractivity contribution >= 4 is 17.6 Å². The molecule has 3 heterocycles. The first kappa shape index (κ1) is 9.70. The third-order valence-electron chi connectivity index (χ3n) is 3.85. The van der Waals surface area contributed by atoms with Gasteiger partial charge in [-0.3, -0.25) is 0 Å². The van der Waals surface area contributed by atoms with Crippen molar-refractivity contribution in [3.8, 4) is 0 Å². The molecule has 84 valence electrons. The van der Waals surface area contributed by atoms with Crippen LogP contribution >= 0.6 is 0 Å². The summed E-state index contributed by atoms with van der Waals surface area (Å²) in [5, 5.41) is 0. The number of hydrogen-bond donors (Lipinski definition) is 1. The smallest absolute Gasteiger partial charge is 0.129 e. The standard InChI is InChI=1S/C13H17N3/c1-2-12-11(14)7-8-13(15-12)16-9-3-4-10(16)6-5-9/h2,7-10H,1,3-6,14H2. The summed E-state index contributed by atoms with van der Waals surface area (Å²) in [6.07, 6.45) is 7.01. The van der Waals surface area contributed by atoms with E-state index in [1.54, 1.807) is 6.08 Å². The molecule has 1 aromatic rings. The predicted octanol–water partition coefficient (Wildman–Crippen LogP) is 2.44. The van der Waals surface area contributed by atoms with Crippen LogP contribution in [0.3, 0.4) is 0 Å². The molecule has 0 spiro atoms. The summed E-state index contributed by atoms with van der Waals surface area (Å²) in [6, 6.07) is 5.40. The number of fused-ring (bicyclic) bond motifs is 2. The minimum absolute atomic E-state index is 0.707. The van der Waals surface area contributed by atoms with Gasteiger partial charge in [-0.25, -0.2) is 4.98 Å². The lowest BCUT2D eigenvalue weighted by atomic mass is 10.0. The van der Waals surface area contributed by atoms with Gasteiger partial charge in [-0.15, -0.1) is 0 Å². The van der Waals surface area contributed by atoms with Gasteiger partial charge in [-0.05, 0) is 43.9 Å². The topological polar surface area (TPSA) is 42.2 Å². The van der Waals surface area contributed by atoms with E-state index in [-0.39, 0.29) is 0 Å². The van der Waals surface area contributed by atoms with Gasteiger partial charge in [0.2, 0.25) is 0 Å². The Kier molecular flexibility index (Phi) is 2.13. The number of nitrogens with zero attached hydrogens (tertiary/aromatic N) is 2. The van der Waals surface area contributed by atoms with Gasteiger partial charge in [-0.2, -0.15) is 0 Å². The van der Waals surface area contributed by atoms with Crippen LogP contribution in [-0.2, 0) is 0 Å². The molecule has 0 aliphatic carbocycles. The molecule has 0 atom stereocenters. The van der Waals surface area contributed by atoms with Crippen molar-refractivity contribution in [1.29, 1.82) is 0 Å². The zero-order chi connectivity index (χ0) is 11.1. The maximum Gasteiger partial charge on any atom is 0.129 e.